The van der Waals surface area contributed by atoms with E-state index < -0.39 is 0 Å². The van der Waals surface area contributed by atoms with Gasteiger partial charge in [0.2, 0.25) is 5.88 Å². The molecule has 3 aromatic carbocycles. The van der Waals surface area contributed by atoms with Crippen LogP contribution in [0.2, 0.25) is 0 Å². The van der Waals surface area contributed by atoms with Crippen LogP contribution in [0.3, 0.4) is 0 Å². The van der Waals surface area contributed by atoms with E-state index in [0.717, 1.165) is 33.7 Å². The zero-order valence-electron chi connectivity index (χ0n) is 21.1. The normalized spacial score (nSPS) is 14.5. The second kappa shape index (κ2) is 9.51. The van der Waals surface area contributed by atoms with Crippen molar-refractivity contribution in [1.29, 1.82) is 0 Å². The number of hydrogen-bond donors (Lipinski definition) is 1. The van der Waals surface area contributed by atoms with Crippen molar-refractivity contribution in [3.05, 3.63) is 107 Å². The smallest absolute Gasteiger partial charge is 0.228 e. The third-order valence-corrected chi connectivity index (χ3v) is 6.55. The van der Waals surface area contributed by atoms with Crippen LogP contribution in [0.1, 0.15) is 46.5 Å². The molecule has 0 aliphatic carbocycles. The first-order chi connectivity index (χ1) is 18.5. The van der Waals surface area contributed by atoms with Crippen LogP contribution in [0.4, 0.5) is 0 Å². The summed E-state index contributed by atoms with van der Waals surface area (Å²) in [5.74, 6) is 2.03. The summed E-state index contributed by atoms with van der Waals surface area (Å²) in [6.45, 7) is 4.04. The van der Waals surface area contributed by atoms with E-state index in [0.29, 0.717) is 23.1 Å². The molecule has 0 fully saturated rings. The Balaban J connectivity index is 1.37. The Hall–Kier alpha value is -4.92. The monoisotopic (exact) mass is 507 g/mol. The van der Waals surface area contributed by atoms with Gasteiger partial charge in [-0.05, 0) is 43.2 Å². The van der Waals surface area contributed by atoms with Gasteiger partial charge in [-0.15, -0.1) is 5.10 Å². The third-order valence-electron chi connectivity index (χ3n) is 6.55. The lowest BCUT2D eigenvalue weighted by Crippen LogP contribution is -2.15. The van der Waals surface area contributed by atoms with Gasteiger partial charge in [0.05, 0.1) is 18.4 Å². The Labute approximate surface area is 219 Å². The molecule has 0 saturated heterocycles. The molecule has 0 amide bonds. The summed E-state index contributed by atoms with van der Waals surface area (Å²) in [7, 11) is 1.64. The molecule has 0 unspecified atom stereocenters. The van der Waals surface area contributed by atoms with Crippen molar-refractivity contribution >= 4 is 11.4 Å². The zero-order chi connectivity index (χ0) is 26.2. The van der Waals surface area contributed by atoms with Gasteiger partial charge in [-0.2, -0.15) is 0 Å². The van der Waals surface area contributed by atoms with Crippen molar-refractivity contribution in [1.82, 2.24) is 19.6 Å². The van der Waals surface area contributed by atoms with Crippen molar-refractivity contribution in [2.75, 3.05) is 7.11 Å². The van der Waals surface area contributed by atoms with Gasteiger partial charge in [0.15, 0.2) is 18.1 Å². The first kappa shape index (κ1) is 23.5. The van der Waals surface area contributed by atoms with Crippen molar-refractivity contribution < 1.29 is 19.4 Å². The number of aryl methyl sites for hydroxylation is 1. The highest BCUT2D eigenvalue weighted by molar-refractivity contribution is 5.98. The number of oxime groups is 1. The second-order valence-corrected chi connectivity index (χ2v) is 9.11. The zero-order valence-corrected chi connectivity index (χ0v) is 21.1. The first-order valence-electron chi connectivity index (χ1n) is 12.1. The molecule has 5 aromatic rings. The van der Waals surface area contributed by atoms with E-state index in [-0.39, 0.29) is 18.3 Å². The van der Waals surface area contributed by atoms with Gasteiger partial charge in [-0.3, -0.25) is 0 Å². The van der Waals surface area contributed by atoms with E-state index in [4.69, 9.17) is 19.3 Å². The Morgan fingerprint density at radius 3 is 2.63 bits per heavy atom. The van der Waals surface area contributed by atoms with E-state index in [1.165, 1.54) is 5.56 Å². The van der Waals surface area contributed by atoms with E-state index in [1.807, 2.05) is 68.4 Å². The average molecular weight is 508 g/mol. The molecule has 9 nitrogen and oxygen atoms in total. The van der Waals surface area contributed by atoms with E-state index in [1.54, 1.807) is 30.1 Å². The molecule has 190 valence electrons. The second-order valence-electron chi connectivity index (χ2n) is 9.11. The predicted octanol–water partition coefficient (Wildman–Crippen LogP) is 5.37. The van der Waals surface area contributed by atoms with E-state index in [9.17, 15) is 5.11 Å². The van der Waals surface area contributed by atoms with Gasteiger partial charge in [0, 0.05) is 17.5 Å². The molecule has 1 N–H and O–H groups in total. The number of phenols is 1. The average Bonchev–Trinajstić information content (AvgIpc) is 3.35. The molecular weight excluding hydrogens is 482 g/mol. The number of methoxy groups -OCH3 is 1. The van der Waals surface area contributed by atoms with E-state index >= 15 is 0 Å². The Morgan fingerprint density at radius 2 is 1.87 bits per heavy atom. The lowest BCUT2D eigenvalue weighted by atomic mass is 9.84. The molecule has 3 heterocycles. The van der Waals surface area contributed by atoms with Crippen molar-refractivity contribution in [2.24, 2.45) is 5.16 Å². The van der Waals surface area contributed by atoms with Crippen LogP contribution >= 0.6 is 0 Å². The molecule has 9 heteroatoms. The number of nitrogens with zero attached hydrogens (tertiary/aromatic N) is 5. The molecule has 0 radical (unpaired) electrons. The number of aromatic nitrogens is 4. The van der Waals surface area contributed by atoms with Crippen LogP contribution in [0, 0.1) is 6.92 Å². The SMILES string of the molecule is COc1ccc([C@@H]2c3ccc(O)cc3Oc3ncn4nc(CO/N=C(\C)c5ccc(C)cc5)nc4c32)cc1. The van der Waals surface area contributed by atoms with Crippen LogP contribution in [-0.2, 0) is 11.4 Å². The van der Waals surface area contributed by atoms with Crippen LogP contribution in [0.15, 0.2) is 78.2 Å². The minimum absolute atomic E-state index is 0.0954. The Kier molecular flexibility index (Phi) is 5.88. The molecule has 1 aliphatic rings. The summed E-state index contributed by atoms with van der Waals surface area (Å²) in [6, 6.07) is 21.0. The highest BCUT2D eigenvalue weighted by Gasteiger charge is 2.33. The van der Waals surface area contributed by atoms with Crippen LogP contribution < -0.4 is 9.47 Å². The standard InChI is InChI=1S/C29H25N5O4/c1-17-4-6-19(7-5-17)18(2)33-37-15-25-31-28-27-26(20-8-11-22(36-3)12-9-20)23-13-10-21(35)14-24(23)38-29(27)30-16-34(28)32-25/h4-14,16,26,35H,15H2,1-3H3/b33-18+/t26-/m1/s1. The number of fused-ring (bicyclic) bond motifs is 4. The third kappa shape index (κ3) is 4.28. The summed E-state index contributed by atoms with van der Waals surface area (Å²) in [6.07, 6.45) is 1.56. The molecule has 6 rings (SSSR count). The highest BCUT2D eigenvalue weighted by Crippen LogP contribution is 2.48. The lowest BCUT2D eigenvalue weighted by molar-refractivity contribution is 0.125. The van der Waals surface area contributed by atoms with Crippen molar-refractivity contribution in [2.45, 2.75) is 26.4 Å². The summed E-state index contributed by atoms with van der Waals surface area (Å²) in [4.78, 5) is 14.9. The van der Waals surface area contributed by atoms with Crippen LogP contribution in [0.5, 0.6) is 23.1 Å². The lowest BCUT2D eigenvalue weighted by Gasteiger charge is -2.28. The number of rotatable bonds is 6. The molecule has 0 saturated carbocycles. The van der Waals surface area contributed by atoms with Crippen molar-refractivity contribution in [3.8, 4) is 23.1 Å². The van der Waals surface area contributed by atoms with Crippen LogP contribution in [-0.4, -0.2) is 37.5 Å². The quantitative estimate of drug-likeness (QED) is 0.239. The maximum absolute atomic E-state index is 10.1. The molecular formula is C29H25N5O4. The van der Waals surface area contributed by atoms with Gasteiger partial charge in [-0.1, -0.05) is 53.2 Å². The maximum Gasteiger partial charge on any atom is 0.228 e. The summed E-state index contributed by atoms with van der Waals surface area (Å²) >= 11 is 0. The van der Waals surface area contributed by atoms with Crippen molar-refractivity contribution in [3.63, 3.8) is 0 Å². The van der Waals surface area contributed by atoms with Gasteiger partial charge >= 0.3 is 0 Å². The fraction of sp³-hybridized carbons (Fsp3) is 0.172. The van der Waals surface area contributed by atoms with Gasteiger partial charge in [0.25, 0.3) is 0 Å². The molecule has 2 aromatic heterocycles. The minimum atomic E-state index is -0.253. The number of hydrogen-bond acceptors (Lipinski definition) is 8. The fourth-order valence-corrected chi connectivity index (χ4v) is 4.59. The number of benzene rings is 3. The molecule has 1 atom stereocenters. The fourth-order valence-electron chi connectivity index (χ4n) is 4.59. The predicted molar refractivity (Wildman–Crippen MR) is 141 cm³/mol. The number of phenolic OH excluding ortho intramolecular Hbond substituents is 1. The summed E-state index contributed by atoms with van der Waals surface area (Å²) < 4.78 is 13.1. The Bertz CT molecular complexity index is 1660. The van der Waals surface area contributed by atoms with Gasteiger partial charge in [0.1, 0.15) is 23.6 Å². The van der Waals surface area contributed by atoms with Crippen LogP contribution in [0.25, 0.3) is 5.65 Å². The summed E-state index contributed by atoms with van der Waals surface area (Å²) in [5.41, 5.74) is 6.19. The maximum atomic E-state index is 10.1. The molecule has 0 spiro atoms. The van der Waals surface area contributed by atoms with E-state index in [2.05, 4.69) is 15.2 Å². The summed E-state index contributed by atoms with van der Waals surface area (Å²) in [5, 5.41) is 18.9. The number of ether oxygens (including phenoxy) is 2. The molecule has 38 heavy (non-hydrogen) atoms. The van der Waals surface area contributed by atoms with Gasteiger partial charge in [-0.25, -0.2) is 14.5 Å². The molecule has 0 bridgehead atoms. The minimum Gasteiger partial charge on any atom is -0.508 e. The first-order valence-corrected chi connectivity index (χ1v) is 12.1. The topological polar surface area (TPSA) is 103 Å². The number of aromatic hydroxyl groups is 1. The van der Waals surface area contributed by atoms with Gasteiger partial charge < -0.3 is 19.4 Å². The highest BCUT2D eigenvalue weighted by atomic mass is 16.6. The Morgan fingerprint density at radius 1 is 1.08 bits per heavy atom. The largest absolute Gasteiger partial charge is 0.508 e. The molecule has 1 aliphatic heterocycles.